The summed E-state index contributed by atoms with van der Waals surface area (Å²) in [5, 5.41) is 11.0. The number of hydrogen-bond acceptors (Lipinski definition) is 3. The average molecular weight is 303 g/mol. The summed E-state index contributed by atoms with van der Waals surface area (Å²) in [6.07, 6.45) is 6.96. The van der Waals surface area contributed by atoms with Gasteiger partial charge in [-0.2, -0.15) is 0 Å². The SMILES string of the molecule is O[C@H]1c2ncccc2CC[C@@H]1C1c2ccccc2-c2cncn21. The fourth-order valence-corrected chi connectivity index (χ4v) is 4.25. The van der Waals surface area contributed by atoms with Gasteiger partial charge in [0.15, 0.2) is 0 Å². The third kappa shape index (κ3) is 1.75. The van der Waals surface area contributed by atoms with Crippen LogP contribution in [0.25, 0.3) is 11.3 Å². The van der Waals surface area contributed by atoms with E-state index in [1.807, 2.05) is 18.6 Å². The molecule has 1 unspecified atom stereocenters. The van der Waals surface area contributed by atoms with Crippen LogP contribution >= 0.6 is 0 Å². The average Bonchev–Trinajstić information content (AvgIpc) is 3.17. The molecule has 0 radical (unpaired) electrons. The van der Waals surface area contributed by atoms with Crippen LogP contribution in [0.5, 0.6) is 0 Å². The molecule has 0 fully saturated rings. The molecule has 1 N–H and O–H groups in total. The summed E-state index contributed by atoms with van der Waals surface area (Å²) < 4.78 is 2.21. The van der Waals surface area contributed by atoms with E-state index < -0.39 is 6.10 Å². The van der Waals surface area contributed by atoms with E-state index in [-0.39, 0.29) is 12.0 Å². The van der Waals surface area contributed by atoms with E-state index in [1.165, 1.54) is 16.7 Å². The van der Waals surface area contributed by atoms with E-state index in [2.05, 4.69) is 44.9 Å². The molecule has 5 rings (SSSR count). The molecule has 1 aliphatic heterocycles. The van der Waals surface area contributed by atoms with Crippen LogP contribution in [0.4, 0.5) is 0 Å². The van der Waals surface area contributed by atoms with Crippen molar-refractivity contribution in [2.75, 3.05) is 0 Å². The molecule has 0 saturated heterocycles. The number of imidazole rings is 1. The van der Waals surface area contributed by atoms with Crippen molar-refractivity contribution in [3.8, 4) is 11.3 Å². The number of hydrogen-bond donors (Lipinski definition) is 1. The van der Waals surface area contributed by atoms with E-state index in [0.717, 1.165) is 24.2 Å². The molecular formula is C19H17N3O. The number of pyridine rings is 1. The van der Waals surface area contributed by atoms with Gasteiger partial charge in [0.2, 0.25) is 0 Å². The number of nitrogens with zero attached hydrogens (tertiary/aromatic N) is 3. The second-order valence-electron chi connectivity index (χ2n) is 6.41. The molecule has 0 bridgehead atoms. The number of aryl methyl sites for hydroxylation is 1. The normalized spacial score (nSPS) is 24.8. The Bertz CT molecular complexity index is 886. The van der Waals surface area contributed by atoms with E-state index in [0.29, 0.717) is 0 Å². The lowest BCUT2D eigenvalue weighted by Crippen LogP contribution is -2.29. The summed E-state index contributed by atoms with van der Waals surface area (Å²) in [6, 6.07) is 12.6. The molecule has 1 aliphatic carbocycles. The van der Waals surface area contributed by atoms with Crippen molar-refractivity contribution in [2.45, 2.75) is 25.0 Å². The smallest absolute Gasteiger partial charge is 0.101 e. The van der Waals surface area contributed by atoms with Gasteiger partial charge in [0.25, 0.3) is 0 Å². The number of benzene rings is 1. The van der Waals surface area contributed by atoms with Crippen LogP contribution in [0.3, 0.4) is 0 Å². The van der Waals surface area contributed by atoms with Crippen molar-refractivity contribution in [1.29, 1.82) is 0 Å². The minimum atomic E-state index is -0.536. The summed E-state index contributed by atoms with van der Waals surface area (Å²) >= 11 is 0. The van der Waals surface area contributed by atoms with Crippen molar-refractivity contribution >= 4 is 0 Å². The molecule has 3 atom stereocenters. The van der Waals surface area contributed by atoms with Crippen LogP contribution in [-0.2, 0) is 6.42 Å². The van der Waals surface area contributed by atoms with E-state index >= 15 is 0 Å². The molecule has 2 aromatic heterocycles. The Morgan fingerprint density at radius 2 is 2.04 bits per heavy atom. The maximum atomic E-state index is 11.0. The zero-order valence-corrected chi connectivity index (χ0v) is 12.6. The van der Waals surface area contributed by atoms with Gasteiger partial charge in [-0.15, -0.1) is 0 Å². The van der Waals surface area contributed by atoms with Crippen molar-refractivity contribution in [3.63, 3.8) is 0 Å². The predicted molar refractivity (Wildman–Crippen MR) is 86.8 cm³/mol. The molecule has 4 heteroatoms. The standard InChI is InChI=1S/C19H17N3O/c23-19-15(8-7-12-4-3-9-21-17(12)19)18-14-6-2-1-5-13(14)16-10-20-11-22(16)18/h1-6,9-11,15,18-19,23H,7-8H2/t15-,18?,19-/m1/s1. The summed E-state index contributed by atoms with van der Waals surface area (Å²) in [5.74, 6) is 0.119. The Kier molecular flexibility index (Phi) is 2.70. The van der Waals surface area contributed by atoms with E-state index in [9.17, 15) is 5.11 Å². The lowest BCUT2D eigenvalue weighted by atomic mass is 9.78. The van der Waals surface area contributed by atoms with Crippen molar-refractivity contribution in [2.24, 2.45) is 5.92 Å². The minimum absolute atomic E-state index is 0.119. The van der Waals surface area contributed by atoms with E-state index in [1.54, 1.807) is 6.20 Å². The van der Waals surface area contributed by atoms with Crippen LogP contribution in [0.15, 0.2) is 55.1 Å². The molecule has 0 saturated carbocycles. The van der Waals surface area contributed by atoms with Crippen molar-refractivity contribution in [1.82, 2.24) is 14.5 Å². The number of rotatable bonds is 1. The minimum Gasteiger partial charge on any atom is -0.386 e. The molecular weight excluding hydrogens is 286 g/mol. The van der Waals surface area contributed by atoms with Gasteiger partial charge in [-0.25, -0.2) is 4.98 Å². The molecule has 0 amide bonds. The Hall–Kier alpha value is -2.46. The van der Waals surface area contributed by atoms with Crippen molar-refractivity contribution in [3.05, 3.63) is 71.9 Å². The van der Waals surface area contributed by atoms with Crippen LogP contribution in [0.1, 0.15) is 35.4 Å². The summed E-state index contributed by atoms with van der Waals surface area (Å²) in [7, 11) is 0. The molecule has 114 valence electrons. The molecule has 3 heterocycles. The van der Waals surface area contributed by atoms with Gasteiger partial charge in [-0.05, 0) is 30.0 Å². The van der Waals surface area contributed by atoms with Crippen molar-refractivity contribution < 1.29 is 5.11 Å². The molecule has 2 aliphatic rings. The first-order chi connectivity index (χ1) is 11.3. The van der Waals surface area contributed by atoms with Crippen LogP contribution in [0.2, 0.25) is 0 Å². The number of aliphatic hydroxyl groups excluding tert-OH is 1. The second-order valence-corrected chi connectivity index (χ2v) is 6.41. The Morgan fingerprint density at radius 1 is 1.13 bits per heavy atom. The summed E-state index contributed by atoms with van der Waals surface area (Å²) in [4.78, 5) is 8.77. The van der Waals surface area contributed by atoms with E-state index in [4.69, 9.17) is 0 Å². The largest absolute Gasteiger partial charge is 0.386 e. The van der Waals surface area contributed by atoms with Gasteiger partial charge in [0.05, 0.1) is 30.0 Å². The Balaban J connectivity index is 1.64. The molecule has 3 aromatic rings. The molecule has 1 aromatic carbocycles. The monoisotopic (exact) mass is 303 g/mol. The fraction of sp³-hybridized carbons (Fsp3) is 0.263. The van der Waals surface area contributed by atoms with Crippen LogP contribution < -0.4 is 0 Å². The summed E-state index contributed by atoms with van der Waals surface area (Å²) in [5.41, 5.74) is 5.68. The Labute approximate surface area is 134 Å². The third-order valence-electron chi connectivity index (χ3n) is 5.29. The zero-order chi connectivity index (χ0) is 15.4. The van der Waals surface area contributed by atoms with Crippen LogP contribution in [0, 0.1) is 5.92 Å². The Morgan fingerprint density at radius 3 is 3.00 bits per heavy atom. The maximum absolute atomic E-state index is 11.0. The summed E-state index contributed by atoms with van der Waals surface area (Å²) in [6.45, 7) is 0. The first-order valence-electron chi connectivity index (χ1n) is 8.07. The van der Waals surface area contributed by atoms with Gasteiger partial charge in [0.1, 0.15) is 6.10 Å². The molecule has 4 nitrogen and oxygen atoms in total. The highest BCUT2D eigenvalue weighted by Gasteiger charge is 2.40. The quantitative estimate of drug-likeness (QED) is 0.751. The molecule has 23 heavy (non-hydrogen) atoms. The lowest BCUT2D eigenvalue weighted by Gasteiger charge is -2.34. The number of fused-ring (bicyclic) bond motifs is 4. The van der Waals surface area contributed by atoms with Gasteiger partial charge >= 0.3 is 0 Å². The highest BCUT2D eigenvalue weighted by Crippen LogP contribution is 2.49. The number of aliphatic hydroxyl groups is 1. The van der Waals surface area contributed by atoms with Gasteiger partial charge in [0, 0.05) is 17.7 Å². The maximum Gasteiger partial charge on any atom is 0.101 e. The van der Waals surface area contributed by atoms with Crippen LogP contribution in [-0.4, -0.2) is 19.6 Å². The fourth-order valence-electron chi connectivity index (χ4n) is 4.25. The number of aromatic nitrogens is 3. The predicted octanol–water partition coefficient (Wildman–Crippen LogP) is 3.14. The molecule has 0 spiro atoms. The van der Waals surface area contributed by atoms with Gasteiger partial charge in [-0.3, -0.25) is 4.98 Å². The topological polar surface area (TPSA) is 50.9 Å². The van der Waals surface area contributed by atoms with Gasteiger partial charge in [-0.1, -0.05) is 30.3 Å². The highest BCUT2D eigenvalue weighted by atomic mass is 16.3. The second kappa shape index (κ2) is 4.77. The highest BCUT2D eigenvalue weighted by molar-refractivity contribution is 5.69. The lowest BCUT2D eigenvalue weighted by molar-refractivity contribution is 0.0679. The third-order valence-corrected chi connectivity index (χ3v) is 5.29. The first-order valence-corrected chi connectivity index (χ1v) is 8.07. The van der Waals surface area contributed by atoms with Gasteiger partial charge < -0.3 is 9.67 Å². The zero-order valence-electron chi connectivity index (χ0n) is 12.6. The first kappa shape index (κ1) is 13.0.